The first-order valence-corrected chi connectivity index (χ1v) is 11.5. The minimum absolute atomic E-state index is 0.326. The van der Waals surface area contributed by atoms with E-state index in [4.69, 9.17) is 28.4 Å². The minimum atomic E-state index is -1.33. The van der Waals surface area contributed by atoms with Crippen LogP contribution in [0.5, 0.6) is 5.75 Å². The molecule has 1 fully saturated rings. The van der Waals surface area contributed by atoms with Crippen molar-refractivity contribution in [2.75, 3.05) is 11.9 Å². The van der Waals surface area contributed by atoms with E-state index in [-0.39, 0.29) is 6.61 Å². The van der Waals surface area contributed by atoms with E-state index in [1.54, 1.807) is 24.3 Å². The number of hydrogen-bond acceptors (Lipinski definition) is 11. The Kier molecular flexibility index (Phi) is 9.45. The molecule has 1 N–H and O–H groups in total. The molecule has 0 amide bonds. The van der Waals surface area contributed by atoms with Crippen LogP contribution in [0.2, 0.25) is 0 Å². The van der Waals surface area contributed by atoms with Crippen molar-refractivity contribution in [3.63, 3.8) is 0 Å². The van der Waals surface area contributed by atoms with Crippen LogP contribution in [0.25, 0.3) is 0 Å². The zero-order valence-electron chi connectivity index (χ0n) is 20.9. The Hall–Kier alpha value is -4.12. The molecule has 0 radical (unpaired) electrons. The third-order valence-corrected chi connectivity index (χ3v) is 5.13. The summed E-state index contributed by atoms with van der Waals surface area (Å²) < 4.78 is 33.5. The number of esters is 4. The highest BCUT2D eigenvalue weighted by Crippen LogP contribution is 2.34. The topological polar surface area (TPSA) is 136 Å². The van der Waals surface area contributed by atoms with Crippen molar-refractivity contribution < 1.29 is 47.6 Å². The highest BCUT2D eigenvalue weighted by Gasteiger charge is 2.53. The molecule has 11 nitrogen and oxygen atoms in total. The van der Waals surface area contributed by atoms with Gasteiger partial charge in [-0.05, 0) is 24.3 Å². The van der Waals surface area contributed by atoms with E-state index >= 15 is 0 Å². The van der Waals surface area contributed by atoms with Crippen LogP contribution in [-0.2, 0) is 42.9 Å². The van der Waals surface area contributed by atoms with E-state index in [1.165, 1.54) is 13.8 Å². The summed E-state index contributed by atoms with van der Waals surface area (Å²) in [7, 11) is 0. The third-order valence-electron chi connectivity index (χ3n) is 5.13. The van der Waals surface area contributed by atoms with Gasteiger partial charge in [-0.15, -0.1) is 0 Å². The fourth-order valence-corrected chi connectivity index (χ4v) is 3.76. The van der Waals surface area contributed by atoms with E-state index in [0.29, 0.717) is 11.4 Å². The highest BCUT2D eigenvalue weighted by molar-refractivity contribution is 5.69. The monoisotopic (exact) mass is 515 g/mol. The molecule has 3 rings (SSSR count). The number of anilines is 2. The second-order valence-electron chi connectivity index (χ2n) is 8.17. The summed E-state index contributed by atoms with van der Waals surface area (Å²) in [6.07, 6.45) is -6.35. The molecular weight excluding hydrogens is 486 g/mol. The fraction of sp³-hybridized carbons (Fsp3) is 0.385. The van der Waals surface area contributed by atoms with Crippen molar-refractivity contribution in [1.29, 1.82) is 0 Å². The molecule has 0 spiro atoms. The van der Waals surface area contributed by atoms with Gasteiger partial charge in [-0.3, -0.25) is 19.2 Å². The smallest absolute Gasteiger partial charge is 0.303 e. The van der Waals surface area contributed by atoms with Crippen LogP contribution in [0.3, 0.4) is 0 Å². The number of rotatable bonds is 9. The maximum atomic E-state index is 12.0. The zero-order chi connectivity index (χ0) is 26.9. The van der Waals surface area contributed by atoms with Gasteiger partial charge in [-0.2, -0.15) is 0 Å². The van der Waals surface area contributed by atoms with Crippen LogP contribution in [0.4, 0.5) is 11.4 Å². The predicted octanol–water partition coefficient (Wildman–Crippen LogP) is 2.89. The summed E-state index contributed by atoms with van der Waals surface area (Å²) in [6, 6.07) is 16.3. The molecule has 1 heterocycles. The normalized spacial score (nSPS) is 22.8. The number of carbonyl (C=O) groups is 4. The first-order chi connectivity index (χ1) is 17.6. The average Bonchev–Trinajstić information content (AvgIpc) is 2.82. The molecule has 0 aliphatic carbocycles. The number of hydrogen-bond donors (Lipinski definition) is 1. The van der Waals surface area contributed by atoms with Gasteiger partial charge in [-0.25, -0.2) is 0 Å². The zero-order valence-corrected chi connectivity index (χ0v) is 20.9. The second-order valence-corrected chi connectivity index (χ2v) is 8.17. The van der Waals surface area contributed by atoms with Gasteiger partial charge >= 0.3 is 23.9 Å². The summed E-state index contributed by atoms with van der Waals surface area (Å²) in [5.41, 5.74) is 1.36. The van der Waals surface area contributed by atoms with Gasteiger partial charge in [0.05, 0.1) is 5.69 Å². The number of ether oxygens (including phenoxy) is 6. The molecule has 198 valence electrons. The van der Waals surface area contributed by atoms with Crippen LogP contribution < -0.4 is 10.1 Å². The van der Waals surface area contributed by atoms with Crippen LogP contribution in [-0.4, -0.2) is 61.2 Å². The summed E-state index contributed by atoms with van der Waals surface area (Å²) in [5, 5.41) is 3.23. The maximum absolute atomic E-state index is 12.0. The molecular formula is C26H29NO10. The highest BCUT2D eigenvalue weighted by atomic mass is 16.7. The third kappa shape index (κ3) is 7.94. The van der Waals surface area contributed by atoms with Crippen molar-refractivity contribution >= 4 is 35.3 Å². The minimum Gasteiger partial charge on any atom is -0.463 e. The Balaban J connectivity index is 1.98. The van der Waals surface area contributed by atoms with Gasteiger partial charge < -0.3 is 33.7 Å². The van der Waals surface area contributed by atoms with Gasteiger partial charge in [0.1, 0.15) is 18.5 Å². The first-order valence-electron chi connectivity index (χ1n) is 11.5. The maximum Gasteiger partial charge on any atom is 0.303 e. The Morgan fingerprint density at radius 3 is 1.92 bits per heavy atom. The van der Waals surface area contributed by atoms with Crippen LogP contribution >= 0.6 is 0 Å². The van der Waals surface area contributed by atoms with E-state index in [0.717, 1.165) is 19.5 Å². The summed E-state index contributed by atoms with van der Waals surface area (Å²) in [4.78, 5) is 47.4. The van der Waals surface area contributed by atoms with Crippen LogP contribution in [0.1, 0.15) is 27.7 Å². The van der Waals surface area contributed by atoms with Crippen LogP contribution in [0.15, 0.2) is 54.6 Å². The predicted molar refractivity (Wildman–Crippen MR) is 129 cm³/mol. The molecule has 0 aromatic heterocycles. The number of para-hydroxylation sites is 3. The molecule has 0 bridgehead atoms. The first kappa shape index (κ1) is 27.5. The van der Waals surface area contributed by atoms with Gasteiger partial charge in [-0.1, -0.05) is 30.3 Å². The van der Waals surface area contributed by atoms with Crippen LogP contribution in [0, 0.1) is 0 Å². The Morgan fingerprint density at radius 2 is 1.30 bits per heavy atom. The molecule has 0 unspecified atom stereocenters. The van der Waals surface area contributed by atoms with E-state index in [2.05, 4.69) is 5.32 Å². The molecule has 5 atom stereocenters. The standard InChI is InChI=1S/C26H29NO10/c1-15(28)32-14-22-23(33-16(2)29)24(34-17(3)30)25(35-18(4)31)26(37-22)36-21-13-9-8-12-20(21)27-19-10-6-5-7-11-19/h5-13,22-27H,14H2,1-4H3/t22-,23-,24+,25-,26-/m1/s1. The molecule has 2 aromatic carbocycles. The molecule has 37 heavy (non-hydrogen) atoms. The van der Waals surface area contributed by atoms with Gasteiger partial charge in [0.15, 0.2) is 12.2 Å². The lowest BCUT2D eigenvalue weighted by molar-refractivity contribution is -0.288. The lowest BCUT2D eigenvalue weighted by atomic mass is 9.98. The Morgan fingerprint density at radius 1 is 0.730 bits per heavy atom. The summed E-state index contributed by atoms with van der Waals surface area (Å²) in [5.74, 6) is -2.43. The largest absolute Gasteiger partial charge is 0.463 e. The lowest BCUT2D eigenvalue weighted by Crippen LogP contribution is -2.63. The molecule has 1 saturated heterocycles. The van der Waals surface area contributed by atoms with E-state index in [9.17, 15) is 19.2 Å². The molecule has 0 saturated carbocycles. The molecule has 11 heteroatoms. The van der Waals surface area contributed by atoms with Crippen molar-refractivity contribution in [1.82, 2.24) is 0 Å². The van der Waals surface area contributed by atoms with Crippen molar-refractivity contribution in [3.8, 4) is 5.75 Å². The SMILES string of the molecule is CC(=O)OC[C@H]1O[C@@H](Oc2ccccc2Nc2ccccc2)[C@H](OC(C)=O)[C@@H](OC(C)=O)[C@@H]1OC(C)=O. The fourth-order valence-electron chi connectivity index (χ4n) is 3.76. The molecule has 1 aliphatic rings. The Labute approximate surface area is 213 Å². The number of nitrogens with one attached hydrogen (secondary N) is 1. The molecule has 2 aromatic rings. The quantitative estimate of drug-likeness (QED) is 0.390. The number of carbonyl (C=O) groups excluding carboxylic acids is 4. The second kappa shape index (κ2) is 12.7. The summed E-state index contributed by atoms with van der Waals surface area (Å²) >= 11 is 0. The van der Waals surface area contributed by atoms with Gasteiger partial charge in [0.2, 0.25) is 12.4 Å². The number of benzene rings is 2. The molecule has 1 aliphatic heterocycles. The van der Waals surface area contributed by atoms with E-state index < -0.39 is 54.6 Å². The van der Waals surface area contributed by atoms with Gasteiger partial charge in [0.25, 0.3) is 0 Å². The average molecular weight is 516 g/mol. The van der Waals surface area contributed by atoms with Crippen molar-refractivity contribution in [2.24, 2.45) is 0 Å². The van der Waals surface area contributed by atoms with E-state index in [1.807, 2.05) is 30.3 Å². The summed E-state index contributed by atoms with van der Waals surface area (Å²) in [6.45, 7) is 4.33. The van der Waals surface area contributed by atoms with Gasteiger partial charge in [0, 0.05) is 33.4 Å². The Bertz CT molecular complexity index is 1110. The lowest BCUT2D eigenvalue weighted by Gasteiger charge is -2.44. The van der Waals surface area contributed by atoms with Crippen molar-refractivity contribution in [2.45, 2.75) is 58.4 Å². The van der Waals surface area contributed by atoms with Crippen molar-refractivity contribution in [3.05, 3.63) is 54.6 Å².